The van der Waals surface area contributed by atoms with Crippen LogP contribution in [0.5, 0.6) is 0 Å². The van der Waals surface area contributed by atoms with Crippen LogP contribution in [0.1, 0.15) is 47.0 Å². The van der Waals surface area contributed by atoms with Crippen LogP contribution in [0.4, 0.5) is 0 Å². The molecule has 0 radical (unpaired) electrons. The number of carbonyl (C=O) groups is 2. The molecule has 0 aliphatic carbocycles. The van der Waals surface area contributed by atoms with E-state index in [9.17, 15) is 9.59 Å². The second kappa shape index (κ2) is 7.27. The molecule has 2 atom stereocenters. The van der Waals surface area contributed by atoms with Crippen LogP contribution in [0, 0.1) is 0 Å². The second-order valence-electron chi connectivity index (χ2n) is 4.65. The Kier molecular flexibility index (Phi) is 6.80. The van der Waals surface area contributed by atoms with Crippen LogP contribution in [0.25, 0.3) is 0 Å². The van der Waals surface area contributed by atoms with Gasteiger partial charge in [-0.1, -0.05) is 13.8 Å². The normalized spacial score (nSPS) is 15.8. The van der Waals surface area contributed by atoms with Gasteiger partial charge in [0.15, 0.2) is 0 Å². The highest BCUT2D eigenvalue weighted by molar-refractivity contribution is 5.86. The Bertz CT molecular complexity index is 264. The first-order valence-corrected chi connectivity index (χ1v) is 6.20. The quantitative estimate of drug-likeness (QED) is 0.610. The molecule has 2 amide bonds. The average Bonchev–Trinajstić information content (AvgIpc) is 2.28. The molecule has 0 aromatic carbocycles. The molecule has 17 heavy (non-hydrogen) atoms. The lowest BCUT2D eigenvalue weighted by atomic mass is 9.99. The molecular formula is C12H25N3O2. The van der Waals surface area contributed by atoms with Crippen molar-refractivity contribution in [1.29, 1.82) is 0 Å². The Labute approximate surface area is 104 Å². The fourth-order valence-corrected chi connectivity index (χ4v) is 1.10. The third kappa shape index (κ3) is 6.26. The van der Waals surface area contributed by atoms with E-state index in [1.807, 2.05) is 20.8 Å². The minimum Gasteiger partial charge on any atom is -0.354 e. The number of hydrogen-bond acceptors (Lipinski definition) is 3. The highest BCUT2D eigenvalue weighted by Crippen LogP contribution is 2.03. The Hall–Kier alpha value is -1.10. The van der Waals surface area contributed by atoms with E-state index >= 15 is 0 Å². The molecule has 0 bridgehead atoms. The zero-order valence-corrected chi connectivity index (χ0v) is 11.3. The maximum atomic E-state index is 11.6. The van der Waals surface area contributed by atoms with Crippen molar-refractivity contribution in [2.45, 2.75) is 58.5 Å². The predicted molar refractivity (Wildman–Crippen MR) is 68.4 cm³/mol. The first-order chi connectivity index (χ1) is 7.83. The second-order valence-corrected chi connectivity index (χ2v) is 4.65. The zero-order chi connectivity index (χ0) is 13.5. The van der Waals surface area contributed by atoms with Gasteiger partial charge in [-0.15, -0.1) is 0 Å². The lowest BCUT2D eigenvalue weighted by Gasteiger charge is -2.21. The molecule has 0 rings (SSSR count). The van der Waals surface area contributed by atoms with Gasteiger partial charge in [-0.3, -0.25) is 9.59 Å². The molecule has 0 fully saturated rings. The van der Waals surface area contributed by atoms with E-state index in [0.717, 1.165) is 6.42 Å². The van der Waals surface area contributed by atoms with Crippen molar-refractivity contribution < 1.29 is 9.59 Å². The molecule has 0 aromatic rings. The van der Waals surface area contributed by atoms with Crippen LogP contribution in [0.3, 0.4) is 0 Å². The fraction of sp³-hybridized carbons (Fsp3) is 0.833. The number of nitrogens with two attached hydrogens (primary N) is 1. The summed E-state index contributed by atoms with van der Waals surface area (Å²) >= 11 is 0. The lowest BCUT2D eigenvalue weighted by molar-refractivity contribution is -0.126. The van der Waals surface area contributed by atoms with Gasteiger partial charge in [0, 0.05) is 19.0 Å². The molecule has 5 heteroatoms. The van der Waals surface area contributed by atoms with Gasteiger partial charge in [0.05, 0.1) is 5.54 Å². The van der Waals surface area contributed by atoms with E-state index in [1.54, 1.807) is 6.92 Å². The van der Waals surface area contributed by atoms with E-state index in [1.165, 1.54) is 0 Å². The first-order valence-electron chi connectivity index (χ1n) is 6.20. The minimum atomic E-state index is -0.854. The topological polar surface area (TPSA) is 84.2 Å². The Morgan fingerprint density at radius 2 is 1.94 bits per heavy atom. The van der Waals surface area contributed by atoms with Crippen molar-refractivity contribution in [1.82, 2.24) is 10.6 Å². The molecule has 0 aromatic heterocycles. The first kappa shape index (κ1) is 15.9. The molecule has 5 nitrogen and oxygen atoms in total. The van der Waals surface area contributed by atoms with E-state index in [0.29, 0.717) is 13.0 Å². The summed E-state index contributed by atoms with van der Waals surface area (Å²) in [6.45, 7) is 7.82. The summed E-state index contributed by atoms with van der Waals surface area (Å²) in [5, 5.41) is 5.51. The Morgan fingerprint density at radius 1 is 1.35 bits per heavy atom. The standard InChI is InChI=1S/C12H25N3O2/c1-5-9(3)15-10(16)7-8-14-11(17)12(4,13)6-2/h9H,5-8,13H2,1-4H3,(H,14,17)(H,15,16). The van der Waals surface area contributed by atoms with Gasteiger partial charge < -0.3 is 16.4 Å². The third-order valence-corrected chi connectivity index (χ3v) is 2.91. The van der Waals surface area contributed by atoms with Crippen LogP contribution in [0.2, 0.25) is 0 Å². The van der Waals surface area contributed by atoms with Crippen LogP contribution in [-0.4, -0.2) is 29.9 Å². The van der Waals surface area contributed by atoms with Crippen LogP contribution in [0.15, 0.2) is 0 Å². The third-order valence-electron chi connectivity index (χ3n) is 2.91. The zero-order valence-electron chi connectivity index (χ0n) is 11.3. The van der Waals surface area contributed by atoms with Gasteiger partial charge >= 0.3 is 0 Å². The van der Waals surface area contributed by atoms with E-state index < -0.39 is 5.54 Å². The number of hydrogen-bond donors (Lipinski definition) is 3. The van der Waals surface area contributed by atoms with E-state index in [-0.39, 0.29) is 24.3 Å². The molecule has 4 N–H and O–H groups in total. The van der Waals surface area contributed by atoms with Gasteiger partial charge in [0.2, 0.25) is 11.8 Å². The van der Waals surface area contributed by atoms with Gasteiger partial charge in [0.1, 0.15) is 0 Å². The SMILES string of the molecule is CCC(C)NC(=O)CCNC(=O)C(C)(N)CC. The van der Waals surface area contributed by atoms with Crippen molar-refractivity contribution in [2.24, 2.45) is 5.73 Å². The van der Waals surface area contributed by atoms with Crippen molar-refractivity contribution in [3.05, 3.63) is 0 Å². The molecule has 2 unspecified atom stereocenters. The maximum absolute atomic E-state index is 11.6. The molecule has 0 spiro atoms. The van der Waals surface area contributed by atoms with E-state index in [4.69, 9.17) is 5.73 Å². The number of nitrogens with one attached hydrogen (secondary N) is 2. The molecule has 0 aliphatic heterocycles. The highest BCUT2D eigenvalue weighted by Gasteiger charge is 2.25. The molecule has 100 valence electrons. The summed E-state index contributed by atoms with van der Waals surface area (Å²) in [7, 11) is 0. The number of amides is 2. The summed E-state index contributed by atoms with van der Waals surface area (Å²) in [5.74, 6) is -0.258. The van der Waals surface area contributed by atoms with Gasteiger partial charge in [-0.25, -0.2) is 0 Å². The molecule has 0 saturated heterocycles. The highest BCUT2D eigenvalue weighted by atomic mass is 16.2. The van der Waals surface area contributed by atoms with Crippen molar-refractivity contribution in [2.75, 3.05) is 6.54 Å². The van der Waals surface area contributed by atoms with Crippen molar-refractivity contribution in [3.8, 4) is 0 Å². The molecular weight excluding hydrogens is 218 g/mol. The predicted octanol–water partition coefficient (Wildman–Crippen LogP) is 0.535. The molecule has 0 saturated carbocycles. The summed E-state index contributed by atoms with van der Waals surface area (Å²) in [6.07, 6.45) is 1.75. The average molecular weight is 243 g/mol. The van der Waals surface area contributed by atoms with Crippen LogP contribution in [-0.2, 0) is 9.59 Å². The summed E-state index contributed by atoms with van der Waals surface area (Å²) in [6, 6.07) is 0.175. The summed E-state index contributed by atoms with van der Waals surface area (Å²) in [5.41, 5.74) is 4.91. The van der Waals surface area contributed by atoms with Gasteiger partial charge in [0.25, 0.3) is 0 Å². The number of carbonyl (C=O) groups excluding carboxylic acids is 2. The maximum Gasteiger partial charge on any atom is 0.239 e. The summed E-state index contributed by atoms with van der Waals surface area (Å²) < 4.78 is 0. The lowest BCUT2D eigenvalue weighted by Crippen LogP contribution is -2.51. The van der Waals surface area contributed by atoms with Gasteiger partial charge in [-0.05, 0) is 26.7 Å². The van der Waals surface area contributed by atoms with Crippen molar-refractivity contribution in [3.63, 3.8) is 0 Å². The van der Waals surface area contributed by atoms with Crippen LogP contribution < -0.4 is 16.4 Å². The van der Waals surface area contributed by atoms with E-state index in [2.05, 4.69) is 10.6 Å². The monoisotopic (exact) mass is 243 g/mol. The Morgan fingerprint density at radius 3 is 2.41 bits per heavy atom. The smallest absolute Gasteiger partial charge is 0.239 e. The number of rotatable bonds is 7. The van der Waals surface area contributed by atoms with Gasteiger partial charge in [-0.2, -0.15) is 0 Å². The van der Waals surface area contributed by atoms with Crippen molar-refractivity contribution >= 4 is 11.8 Å². The fourth-order valence-electron chi connectivity index (χ4n) is 1.10. The Balaban J connectivity index is 3.85. The van der Waals surface area contributed by atoms with Crippen LogP contribution >= 0.6 is 0 Å². The minimum absolute atomic E-state index is 0.0464. The molecule has 0 aliphatic rings. The largest absolute Gasteiger partial charge is 0.354 e. The molecule has 0 heterocycles. The summed E-state index contributed by atoms with van der Waals surface area (Å²) in [4.78, 5) is 23.0.